The SMILES string of the molecule is O=C(NCc1ccccc1)NCc1cccc(-c2ccc([C@H]3O[C@@H](CN4CCC[C@H]4CN4CCCC4)C[C@@H](c4ccc(CO)cc4)O3)cc2)c1. The van der Waals surface area contributed by atoms with Crippen molar-refractivity contribution in [2.45, 2.75) is 76.3 Å². The van der Waals surface area contributed by atoms with Gasteiger partial charge in [0.1, 0.15) is 0 Å². The Labute approximate surface area is 296 Å². The zero-order chi connectivity index (χ0) is 34.1. The molecule has 4 atom stereocenters. The second-order valence-corrected chi connectivity index (χ2v) is 14.0. The van der Waals surface area contributed by atoms with Gasteiger partial charge in [0, 0.05) is 44.2 Å². The number of aliphatic hydroxyl groups is 1. The van der Waals surface area contributed by atoms with Crippen molar-refractivity contribution in [2.75, 3.05) is 32.7 Å². The molecular weight excluding hydrogens is 624 g/mol. The molecule has 8 nitrogen and oxygen atoms in total. The normalized spacial score (nSPS) is 22.8. The van der Waals surface area contributed by atoms with Crippen molar-refractivity contribution in [3.63, 3.8) is 0 Å². The predicted molar refractivity (Wildman–Crippen MR) is 196 cm³/mol. The predicted octanol–water partition coefficient (Wildman–Crippen LogP) is 6.95. The van der Waals surface area contributed by atoms with Gasteiger partial charge in [-0.3, -0.25) is 4.90 Å². The Morgan fingerprint density at radius 2 is 1.42 bits per heavy atom. The van der Waals surface area contributed by atoms with Gasteiger partial charge in [-0.1, -0.05) is 97.1 Å². The topological polar surface area (TPSA) is 86.3 Å². The Balaban J connectivity index is 1.01. The summed E-state index contributed by atoms with van der Waals surface area (Å²) in [7, 11) is 0. The summed E-state index contributed by atoms with van der Waals surface area (Å²) in [6.07, 6.45) is 5.42. The summed E-state index contributed by atoms with van der Waals surface area (Å²) in [5, 5.41) is 15.5. The molecule has 0 saturated carbocycles. The van der Waals surface area contributed by atoms with Crippen molar-refractivity contribution >= 4 is 6.03 Å². The number of urea groups is 1. The zero-order valence-corrected chi connectivity index (χ0v) is 28.9. The molecule has 50 heavy (non-hydrogen) atoms. The molecule has 4 aromatic rings. The van der Waals surface area contributed by atoms with Crippen LogP contribution in [0.25, 0.3) is 11.1 Å². The summed E-state index contributed by atoms with van der Waals surface area (Å²) in [5.41, 5.74) is 7.29. The van der Waals surface area contributed by atoms with Crippen molar-refractivity contribution in [3.05, 3.63) is 131 Å². The number of carbonyl (C=O) groups is 1. The molecule has 8 heteroatoms. The lowest BCUT2D eigenvalue weighted by molar-refractivity contribution is -0.253. The second-order valence-electron chi connectivity index (χ2n) is 14.0. The first-order valence-corrected chi connectivity index (χ1v) is 18.3. The highest BCUT2D eigenvalue weighted by Gasteiger charge is 2.36. The molecule has 0 spiro atoms. The lowest BCUT2D eigenvalue weighted by Crippen LogP contribution is -2.45. The number of likely N-dealkylation sites (tertiary alicyclic amines) is 2. The van der Waals surface area contributed by atoms with Crippen molar-refractivity contribution < 1.29 is 19.4 Å². The fourth-order valence-corrected chi connectivity index (χ4v) is 7.62. The highest BCUT2D eigenvalue weighted by Crippen LogP contribution is 2.39. The van der Waals surface area contributed by atoms with Gasteiger partial charge in [-0.05, 0) is 84.8 Å². The van der Waals surface area contributed by atoms with Gasteiger partial charge in [0.15, 0.2) is 6.29 Å². The Hall–Kier alpha value is -4.05. The van der Waals surface area contributed by atoms with E-state index in [9.17, 15) is 9.90 Å². The summed E-state index contributed by atoms with van der Waals surface area (Å²) in [6, 6.07) is 35.2. The monoisotopic (exact) mass is 674 g/mol. The van der Waals surface area contributed by atoms with E-state index < -0.39 is 6.29 Å². The van der Waals surface area contributed by atoms with E-state index in [1.54, 1.807) is 0 Å². The van der Waals surface area contributed by atoms with Crippen molar-refractivity contribution in [1.29, 1.82) is 0 Å². The van der Waals surface area contributed by atoms with Crippen molar-refractivity contribution in [2.24, 2.45) is 0 Å². The van der Waals surface area contributed by atoms with Crippen LogP contribution in [0.2, 0.25) is 0 Å². The summed E-state index contributed by atoms with van der Waals surface area (Å²) in [5.74, 6) is 0. The minimum absolute atomic E-state index is 0.0311. The molecule has 0 aromatic heterocycles. The summed E-state index contributed by atoms with van der Waals surface area (Å²) in [6.45, 7) is 6.62. The van der Waals surface area contributed by atoms with E-state index in [0.717, 1.165) is 58.5 Å². The van der Waals surface area contributed by atoms with Crippen LogP contribution in [0.5, 0.6) is 0 Å². The fourth-order valence-electron chi connectivity index (χ4n) is 7.62. The Morgan fingerprint density at radius 3 is 2.18 bits per heavy atom. The van der Waals surface area contributed by atoms with Gasteiger partial charge in [0.25, 0.3) is 0 Å². The highest BCUT2D eigenvalue weighted by molar-refractivity contribution is 5.74. The third-order valence-corrected chi connectivity index (χ3v) is 10.4. The largest absolute Gasteiger partial charge is 0.392 e. The van der Waals surface area contributed by atoms with Crippen LogP contribution in [0.15, 0.2) is 103 Å². The van der Waals surface area contributed by atoms with Crippen LogP contribution in [0.3, 0.4) is 0 Å². The van der Waals surface area contributed by atoms with Gasteiger partial charge in [0.2, 0.25) is 0 Å². The number of hydrogen-bond acceptors (Lipinski definition) is 6. The zero-order valence-electron chi connectivity index (χ0n) is 28.9. The van der Waals surface area contributed by atoms with Gasteiger partial charge < -0.3 is 30.1 Å². The minimum atomic E-state index is -0.477. The molecule has 0 aliphatic carbocycles. The van der Waals surface area contributed by atoms with Gasteiger partial charge in [0.05, 0.1) is 18.8 Å². The molecule has 3 N–H and O–H groups in total. The Bertz CT molecular complexity index is 1660. The average molecular weight is 675 g/mol. The number of rotatable bonds is 12. The lowest BCUT2D eigenvalue weighted by Gasteiger charge is -2.39. The highest BCUT2D eigenvalue weighted by atomic mass is 16.7. The molecule has 3 aliphatic rings. The fraction of sp³-hybridized carbons (Fsp3) is 0.405. The maximum Gasteiger partial charge on any atom is 0.315 e. The standard InChI is InChI=1S/C42H50N4O4/c47-30-32-13-15-35(16-14-32)40-25-39(29-46-23-7-12-38(46)28-45-21-4-5-22-45)49-41(50-40)36-19-17-34(18-20-36)37-11-6-10-33(24-37)27-44-42(48)43-26-31-8-2-1-3-9-31/h1-3,6,8-11,13-20,24,38-41,47H,4-5,7,12,21-23,25-30H2,(H2,43,44,48)/t38-,39+,40-,41-/m0/s1. The maximum atomic E-state index is 12.4. The Morgan fingerprint density at radius 1 is 0.700 bits per heavy atom. The van der Waals surface area contributed by atoms with Crippen LogP contribution in [-0.2, 0) is 29.2 Å². The number of ether oxygens (including phenoxy) is 2. The van der Waals surface area contributed by atoms with Gasteiger partial charge >= 0.3 is 6.03 Å². The van der Waals surface area contributed by atoms with Crippen LogP contribution in [0, 0.1) is 0 Å². The number of carbonyl (C=O) groups excluding carboxylic acids is 1. The van der Waals surface area contributed by atoms with Crippen LogP contribution < -0.4 is 10.6 Å². The summed E-state index contributed by atoms with van der Waals surface area (Å²) >= 11 is 0. The summed E-state index contributed by atoms with van der Waals surface area (Å²) in [4.78, 5) is 17.7. The number of hydrogen-bond donors (Lipinski definition) is 3. The van der Waals surface area contributed by atoms with E-state index in [1.807, 2.05) is 54.6 Å². The van der Waals surface area contributed by atoms with Crippen LogP contribution in [0.4, 0.5) is 4.79 Å². The van der Waals surface area contributed by atoms with Crippen LogP contribution in [0.1, 0.15) is 72.3 Å². The minimum Gasteiger partial charge on any atom is -0.392 e. The third-order valence-electron chi connectivity index (χ3n) is 10.4. The molecule has 0 radical (unpaired) electrons. The molecule has 0 bridgehead atoms. The third kappa shape index (κ3) is 8.99. The first-order chi connectivity index (χ1) is 24.6. The van der Waals surface area contributed by atoms with Crippen molar-refractivity contribution in [1.82, 2.24) is 20.4 Å². The number of nitrogens with zero attached hydrogens (tertiary/aromatic N) is 2. The second kappa shape index (κ2) is 16.8. The van der Waals surface area contributed by atoms with Crippen LogP contribution in [-0.4, -0.2) is 65.8 Å². The average Bonchev–Trinajstić information content (AvgIpc) is 3.86. The molecule has 0 unspecified atom stereocenters. The molecule has 3 heterocycles. The first-order valence-electron chi connectivity index (χ1n) is 18.3. The maximum absolute atomic E-state index is 12.4. The number of amides is 2. The van der Waals surface area contributed by atoms with E-state index >= 15 is 0 Å². The van der Waals surface area contributed by atoms with Gasteiger partial charge in [-0.2, -0.15) is 0 Å². The van der Waals surface area contributed by atoms with Gasteiger partial charge in [-0.25, -0.2) is 4.79 Å². The first kappa shape index (κ1) is 34.4. The number of nitrogens with one attached hydrogen (secondary N) is 2. The van der Waals surface area contributed by atoms with E-state index in [-0.39, 0.29) is 24.8 Å². The number of aliphatic hydroxyl groups excluding tert-OH is 1. The number of benzene rings is 4. The molecule has 3 aliphatic heterocycles. The lowest BCUT2D eigenvalue weighted by atomic mass is 9.98. The molecular formula is C42H50N4O4. The van der Waals surface area contributed by atoms with Crippen LogP contribution >= 0.6 is 0 Å². The van der Waals surface area contributed by atoms with E-state index in [1.165, 1.54) is 45.3 Å². The molecule has 4 aromatic carbocycles. The quantitative estimate of drug-likeness (QED) is 0.151. The molecule has 262 valence electrons. The van der Waals surface area contributed by atoms with E-state index in [2.05, 4.69) is 69.0 Å². The van der Waals surface area contributed by atoms with E-state index in [4.69, 9.17) is 9.47 Å². The molecule has 2 amide bonds. The summed E-state index contributed by atoms with van der Waals surface area (Å²) < 4.78 is 13.4. The smallest absolute Gasteiger partial charge is 0.315 e. The van der Waals surface area contributed by atoms with Gasteiger partial charge in [-0.15, -0.1) is 0 Å². The Kier molecular flexibility index (Phi) is 11.5. The molecule has 7 rings (SSSR count). The van der Waals surface area contributed by atoms with E-state index in [0.29, 0.717) is 19.1 Å². The van der Waals surface area contributed by atoms with Crippen molar-refractivity contribution in [3.8, 4) is 11.1 Å². The molecule has 3 saturated heterocycles. The molecule has 3 fully saturated rings.